The molecule has 0 aliphatic carbocycles. The second kappa shape index (κ2) is 4.55. The van der Waals surface area contributed by atoms with E-state index >= 15 is 0 Å². The smallest absolute Gasteiger partial charge is 0.134 e. The van der Waals surface area contributed by atoms with Crippen LogP contribution in [0.15, 0.2) is 21.8 Å². The van der Waals surface area contributed by atoms with Crippen LogP contribution in [0.3, 0.4) is 0 Å². The van der Waals surface area contributed by atoms with Gasteiger partial charge in [-0.25, -0.2) is 0 Å². The molecule has 0 aromatic heterocycles. The number of rotatable bonds is 3. The van der Waals surface area contributed by atoms with Crippen molar-refractivity contribution in [2.75, 3.05) is 12.6 Å². The maximum absolute atomic E-state index is 10.4. The number of benzene rings is 1. The number of anilines is 1. The zero-order valence-electron chi connectivity index (χ0n) is 6.67. The molecule has 0 saturated carbocycles. The van der Waals surface area contributed by atoms with Gasteiger partial charge in [-0.05, 0) is 33.2 Å². The third-order valence-corrected chi connectivity index (χ3v) is 2.55. The van der Waals surface area contributed by atoms with E-state index in [2.05, 4.69) is 31.4 Å². The third-order valence-electron chi connectivity index (χ3n) is 1.35. The summed E-state index contributed by atoms with van der Waals surface area (Å²) in [5.41, 5.74) is 3.17. The molecule has 0 radical (unpaired) electrons. The van der Waals surface area contributed by atoms with Gasteiger partial charge < -0.3 is 0 Å². The topological polar surface area (TPSA) is 50.7 Å². The van der Waals surface area contributed by atoms with Crippen LogP contribution in [0.4, 0.5) is 11.4 Å². The molecule has 1 N–H and O–H groups in total. The predicted octanol–water partition coefficient (Wildman–Crippen LogP) is 3.47. The van der Waals surface area contributed by atoms with Crippen molar-refractivity contribution in [3.05, 3.63) is 26.5 Å². The highest BCUT2D eigenvalue weighted by atomic mass is 79.9. The molecule has 1 aromatic rings. The van der Waals surface area contributed by atoms with Gasteiger partial charge in [-0.1, -0.05) is 11.6 Å². The lowest BCUT2D eigenvalue weighted by molar-refractivity contribution is 0.271. The van der Waals surface area contributed by atoms with Gasteiger partial charge in [0.1, 0.15) is 5.69 Å². The number of hydrogen-bond acceptors (Lipinski definition) is 4. The number of halogens is 2. The van der Waals surface area contributed by atoms with Crippen molar-refractivity contribution in [3.63, 3.8) is 0 Å². The van der Waals surface area contributed by atoms with E-state index in [0.717, 1.165) is 0 Å². The first-order valence-corrected chi connectivity index (χ1v) is 4.47. The fourth-order valence-electron chi connectivity index (χ4n) is 0.804. The van der Waals surface area contributed by atoms with Crippen LogP contribution in [0.25, 0.3) is 0 Å². The van der Waals surface area contributed by atoms with Crippen LogP contribution in [0.2, 0.25) is 5.02 Å². The maximum Gasteiger partial charge on any atom is 0.134 e. The van der Waals surface area contributed by atoms with Gasteiger partial charge in [0, 0.05) is 4.47 Å². The Kier molecular flexibility index (Phi) is 3.65. The Bertz CT molecular complexity index is 333. The number of nitrogens with zero attached hydrogens (tertiary/aromatic N) is 1. The summed E-state index contributed by atoms with van der Waals surface area (Å²) in [6, 6.07) is 3.06. The van der Waals surface area contributed by atoms with Crippen LogP contribution >= 0.6 is 27.5 Å². The molecule has 0 aliphatic rings. The summed E-state index contributed by atoms with van der Waals surface area (Å²) in [6.45, 7) is 0. The first kappa shape index (κ1) is 10.4. The highest BCUT2D eigenvalue weighted by molar-refractivity contribution is 9.10. The van der Waals surface area contributed by atoms with E-state index in [1.165, 1.54) is 13.2 Å². The molecular formula is C7H6BrClN2O2. The lowest BCUT2D eigenvalue weighted by Crippen LogP contribution is -1.95. The Hall–Kier alpha value is -0.650. The van der Waals surface area contributed by atoms with Crippen LogP contribution in [0, 0.1) is 4.91 Å². The summed E-state index contributed by atoms with van der Waals surface area (Å²) in [6.07, 6.45) is 0. The van der Waals surface area contributed by atoms with Crippen LogP contribution in [-0.4, -0.2) is 7.11 Å². The quantitative estimate of drug-likeness (QED) is 0.672. The second-order valence-electron chi connectivity index (χ2n) is 2.18. The van der Waals surface area contributed by atoms with Crippen LogP contribution in [-0.2, 0) is 4.84 Å². The number of nitroso groups, excluding NO2 is 1. The zero-order chi connectivity index (χ0) is 9.84. The zero-order valence-corrected chi connectivity index (χ0v) is 9.02. The van der Waals surface area contributed by atoms with E-state index in [0.29, 0.717) is 15.2 Å². The molecule has 0 saturated heterocycles. The monoisotopic (exact) mass is 264 g/mol. The first-order chi connectivity index (χ1) is 6.19. The van der Waals surface area contributed by atoms with E-state index in [4.69, 9.17) is 11.6 Å². The van der Waals surface area contributed by atoms with E-state index in [1.54, 1.807) is 6.07 Å². The molecule has 0 atom stereocenters. The molecule has 0 heterocycles. The van der Waals surface area contributed by atoms with Gasteiger partial charge in [-0.3, -0.25) is 10.3 Å². The van der Waals surface area contributed by atoms with Crippen molar-refractivity contribution in [2.24, 2.45) is 5.18 Å². The Balaban J connectivity index is 3.16. The third kappa shape index (κ3) is 2.40. The van der Waals surface area contributed by atoms with E-state index in [1.807, 2.05) is 0 Å². The predicted molar refractivity (Wildman–Crippen MR) is 55.2 cm³/mol. The molecule has 1 rings (SSSR count). The Morgan fingerprint density at radius 3 is 2.85 bits per heavy atom. The summed E-state index contributed by atoms with van der Waals surface area (Å²) in [4.78, 5) is 15.0. The van der Waals surface area contributed by atoms with Crippen molar-refractivity contribution in [3.8, 4) is 0 Å². The molecule has 0 spiro atoms. The Morgan fingerprint density at radius 1 is 1.62 bits per heavy atom. The van der Waals surface area contributed by atoms with Gasteiger partial charge in [0.05, 0.1) is 17.8 Å². The Labute approximate surface area is 88.3 Å². The molecule has 1 aromatic carbocycles. The molecule has 4 nitrogen and oxygen atoms in total. The second-order valence-corrected chi connectivity index (χ2v) is 3.44. The molecule has 13 heavy (non-hydrogen) atoms. The van der Waals surface area contributed by atoms with Gasteiger partial charge >= 0.3 is 0 Å². The molecular weight excluding hydrogens is 259 g/mol. The van der Waals surface area contributed by atoms with E-state index in [-0.39, 0.29) is 5.69 Å². The fourth-order valence-corrected chi connectivity index (χ4v) is 1.30. The fraction of sp³-hybridized carbons (Fsp3) is 0.143. The van der Waals surface area contributed by atoms with Crippen LogP contribution < -0.4 is 5.48 Å². The van der Waals surface area contributed by atoms with Gasteiger partial charge in [0.25, 0.3) is 0 Å². The minimum absolute atomic E-state index is 0.234. The SMILES string of the molecule is CONc1cc(Cl)c(Br)cc1N=O. The summed E-state index contributed by atoms with van der Waals surface area (Å²) in [5, 5.41) is 3.29. The molecule has 0 bridgehead atoms. The minimum atomic E-state index is 0.234. The average Bonchev–Trinajstić information content (AvgIpc) is 2.11. The first-order valence-electron chi connectivity index (χ1n) is 3.30. The molecule has 0 amide bonds. The highest BCUT2D eigenvalue weighted by Gasteiger charge is 2.07. The Morgan fingerprint density at radius 2 is 2.31 bits per heavy atom. The van der Waals surface area contributed by atoms with Gasteiger partial charge in [0.15, 0.2) is 0 Å². The van der Waals surface area contributed by atoms with E-state index < -0.39 is 0 Å². The number of nitrogens with one attached hydrogen (secondary N) is 1. The normalized spacial score (nSPS) is 9.77. The summed E-state index contributed by atoms with van der Waals surface area (Å²) in [5.74, 6) is 0. The standard InChI is InChI=1S/C7H6BrClN2O2/c1-13-11-7-3-5(9)4(8)2-6(7)10-12/h2-3,11H,1H3. The maximum atomic E-state index is 10.4. The van der Waals surface area contributed by atoms with Crippen LogP contribution in [0.5, 0.6) is 0 Å². The summed E-state index contributed by atoms with van der Waals surface area (Å²) < 4.78 is 0.616. The average molecular weight is 265 g/mol. The van der Waals surface area contributed by atoms with Gasteiger partial charge in [0.2, 0.25) is 0 Å². The van der Waals surface area contributed by atoms with Gasteiger partial charge in [-0.15, -0.1) is 4.91 Å². The van der Waals surface area contributed by atoms with Crippen molar-refractivity contribution < 1.29 is 4.84 Å². The molecule has 0 fully saturated rings. The van der Waals surface area contributed by atoms with Gasteiger partial charge in [-0.2, -0.15) is 0 Å². The largest absolute Gasteiger partial charge is 0.279 e. The minimum Gasteiger partial charge on any atom is -0.279 e. The van der Waals surface area contributed by atoms with Crippen molar-refractivity contribution >= 4 is 38.9 Å². The van der Waals surface area contributed by atoms with Crippen molar-refractivity contribution in [2.45, 2.75) is 0 Å². The molecule has 70 valence electrons. The molecule has 0 unspecified atom stereocenters. The molecule has 0 aliphatic heterocycles. The highest BCUT2D eigenvalue weighted by Crippen LogP contribution is 2.34. The van der Waals surface area contributed by atoms with Crippen LogP contribution in [0.1, 0.15) is 0 Å². The lowest BCUT2D eigenvalue weighted by atomic mass is 10.3. The van der Waals surface area contributed by atoms with E-state index in [9.17, 15) is 4.91 Å². The molecule has 6 heteroatoms. The summed E-state index contributed by atoms with van der Waals surface area (Å²) >= 11 is 8.97. The van der Waals surface area contributed by atoms with Crippen molar-refractivity contribution in [1.82, 2.24) is 0 Å². The number of hydrogen-bond donors (Lipinski definition) is 1. The summed E-state index contributed by atoms with van der Waals surface area (Å²) in [7, 11) is 1.44. The van der Waals surface area contributed by atoms with Crippen molar-refractivity contribution in [1.29, 1.82) is 0 Å². The lowest BCUT2D eigenvalue weighted by Gasteiger charge is -2.06.